The lowest BCUT2D eigenvalue weighted by Crippen LogP contribution is -2.36. The highest BCUT2D eigenvalue weighted by Gasteiger charge is 2.30. The van der Waals surface area contributed by atoms with Gasteiger partial charge in [-0.3, -0.25) is 4.79 Å². The summed E-state index contributed by atoms with van der Waals surface area (Å²) in [6.45, 7) is 0.956. The molecule has 1 aliphatic heterocycles. The SMILES string of the molecule is O=C(COc1cccc(C(F)(F)F)c1)N1CCSC(c2ccccc2)CC1. The van der Waals surface area contributed by atoms with Crippen LogP contribution in [0.3, 0.4) is 0 Å². The Hall–Kier alpha value is -2.15. The predicted octanol–water partition coefficient (Wildman–Crippen LogP) is 4.79. The molecular weight excluding hydrogens is 375 g/mol. The Kier molecular flexibility index (Phi) is 6.31. The lowest BCUT2D eigenvalue weighted by molar-refractivity contribution is -0.137. The van der Waals surface area contributed by atoms with Crippen molar-refractivity contribution < 1.29 is 22.7 Å². The van der Waals surface area contributed by atoms with Gasteiger partial charge < -0.3 is 9.64 Å². The van der Waals surface area contributed by atoms with Gasteiger partial charge in [0.25, 0.3) is 5.91 Å². The molecule has 0 N–H and O–H groups in total. The maximum atomic E-state index is 12.7. The van der Waals surface area contributed by atoms with E-state index in [0.29, 0.717) is 18.3 Å². The molecule has 1 saturated heterocycles. The second kappa shape index (κ2) is 8.69. The van der Waals surface area contributed by atoms with E-state index in [-0.39, 0.29) is 18.3 Å². The molecule has 144 valence electrons. The molecule has 3 nitrogen and oxygen atoms in total. The summed E-state index contributed by atoms with van der Waals surface area (Å²) in [6, 6.07) is 14.8. The number of thioether (sulfide) groups is 1. The zero-order valence-corrected chi connectivity index (χ0v) is 15.4. The number of amides is 1. The van der Waals surface area contributed by atoms with Gasteiger partial charge in [0.05, 0.1) is 5.56 Å². The van der Waals surface area contributed by atoms with Gasteiger partial charge in [-0.05, 0) is 30.2 Å². The van der Waals surface area contributed by atoms with Gasteiger partial charge in [0, 0.05) is 24.1 Å². The summed E-state index contributed by atoms with van der Waals surface area (Å²) >= 11 is 1.82. The highest BCUT2D eigenvalue weighted by atomic mass is 32.2. The van der Waals surface area contributed by atoms with E-state index < -0.39 is 11.7 Å². The lowest BCUT2D eigenvalue weighted by atomic mass is 10.1. The maximum absolute atomic E-state index is 12.7. The molecule has 0 radical (unpaired) electrons. The van der Waals surface area contributed by atoms with E-state index in [0.717, 1.165) is 24.3 Å². The van der Waals surface area contributed by atoms with Crippen molar-refractivity contribution in [2.24, 2.45) is 0 Å². The fourth-order valence-electron chi connectivity index (χ4n) is 2.95. The first-order chi connectivity index (χ1) is 12.9. The van der Waals surface area contributed by atoms with Crippen LogP contribution < -0.4 is 4.74 Å². The molecule has 1 atom stereocenters. The minimum atomic E-state index is -4.43. The first-order valence-electron chi connectivity index (χ1n) is 8.68. The second-order valence-corrected chi connectivity index (χ2v) is 7.56. The third-order valence-electron chi connectivity index (χ3n) is 4.39. The van der Waals surface area contributed by atoms with Crippen molar-refractivity contribution in [2.75, 3.05) is 25.4 Å². The minimum Gasteiger partial charge on any atom is -0.484 e. The first kappa shape index (κ1) is 19.6. The average Bonchev–Trinajstić information content (AvgIpc) is 2.93. The Bertz CT molecular complexity index is 767. The van der Waals surface area contributed by atoms with Crippen molar-refractivity contribution >= 4 is 17.7 Å². The standard InChI is InChI=1S/C20H20F3NO2S/c21-20(22,23)16-7-4-8-17(13-16)26-14-19(25)24-10-9-18(27-12-11-24)15-5-2-1-3-6-15/h1-8,13,18H,9-12,14H2. The number of carbonyl (C=O) groups is 1. The summed E-state index contributed by atoms with van der Waals surface area (Å²) in [7, 11) is 0. The third-order valence-corrected chi connectivity index (χ3v) is 5.72. The number of carbonyl (C=O) groups excluding carboxylic acids is 1. The number of hydrogen-bond donors (Lipinski definition) is 0. The highest BCUT2D eigenvalue weighted by molar-refractivity contribution is 7.99. The molecule has 1 amide bonds. The van der Waals surface area contributed by atoms with Crippen LogP contribution >= 0.6 is 11.8 Å². The van der Waals surface area contributed by atoms with Crippen molar-refractivity contribution in [3.8, 4) is 5.75 Å². The molecule has 27 heavy (non-hydrogen) atoms. The number of alkyl halides is 3. The van der Waals surface area contributed by atoms with Gasteiger partial charge in [-0.1, -0.05) is 36.4 Å². The molecule has 1 aliphatic rings. The topological polar surface area (TPSA) is 29.5 Å². The summed E-state index contributed by atoms with van der Waals surface area (Å²) in [6.07, 6.45) is -3.60. The van der Waals surface area contributed by atoms with Crippen LogP contribution in [0.2, 0.25) is 0 Å². The van der Waals surface area contributed by atoms with Crippen LogP contribution in [-0.4, -0.2) is 36.3 Å². The summed E-state index contributed by atoms with van der Waals surface area (Å²) in [4.78, 5) is 14.1. The van der Waals surface area contributed by atoms with Gasteiger partial charge in [-0.15, -0.1) is 0 Å². The van der Waals surface area contributed by atoms with Gasteiger partial charge >= 0.3 is 6.18 Å². The summed E-state index contributed by atoms with van der Waals surface area (Å²) in [5.74, 6) is 0.653. The van der Waals surface area contributed by atoms with E-state index in [1.165, 1.54) is 17.7 Å². The van der Waals surface area contributed by atoms with Crippen molar-refractivity contribution in [3.05, 3.63) is 65.7 Å². The number of nitrogens with zero attached hydrogens (tertiary/aromatic N) is 1. The van der Waals surface area contributed by atoms with Crippen LogP contribution in [0, 0.1) is 0 Å². The number of ether oxygens (including phenoxy) is 1. The average molecular weight is 395 g/mol. The number of hydrogen-bond acceptors (Lipinski definition) is 3. The quantitative estimate of drug-likeness (QED) is 0.745. The van der Waals surface area contributed by atoms with E-state index in [4.69, 9.17) is 4.74 Å². The lowest BCUT2D eigenvalue weighted by Gasteiger charge is -2.20. The number of halogens is 3. The summed E-state index contributed by atoms with van der Waals surface area (Å²) in [5, 5.41) is 0.341. The van der Waals surface area contributed by atoms with Crippen LogP contribution in [-0.2, 0) is 11.0 Å². The van der Waals surface area contributed by atoms with Gasteiger partial charge in [-0.2, -0.15) is 24.9 Å². The van der Waals surface area contributed by atoms with Crippen LogP contribution in [0.1, 0.15) is 22.8 Å². The number of benzene rings is 2. The molecule has 0 aromatic heterocycles. The molecule has 0 saturated carbocycles. The molecule has 2 aromatic rings. The predicted molar refractivity (Wildman–Crippen MR) is 99.8 cm³/mol. The van der Waals surface area contributed by atoms with E-state index >= 15 is 0 Å². The molecule has 3 rings (SSSR count). The minimum absolute atomic E-state index is 0.0459. The molecule has 0 bridgehead atoms. The zero-order valence-electron chi connectivity index (χ0n) is 14.6. The van der Waals surface area contributed by atoms with Gasteiger partial charge in [0.15, 0.2) is 6.61 Å². The van der Waals surface area contributed by atoms with E-state index in [2.05, 4.69) is 12.1 Å². The highest BCUT2D eigenvalue weighted by Crippen LogP contribution is 2.34. The molecule has 0 aliphatic carbocycles. The summed E-state index contributed by atoms with van der Waals surface area (Å²) in [5.41, 5.74) is 0.460. The van der Waals surface area contributed by atoms with Crippen molar-refractivity contribution in [1.29, 1.82) is 0 Å². The Morgan fingerprint density at radius 1 is 1.11 bits per heavy atom. The molecular formula is C20H20F3NO2S. The van der Waals surface area contributed by atoms with E-state index in [1.807, 2.05) is 30.0 Å². The fraction of sp³-hybridized carbons (Fsp3) is 0.350. The molecule has 1 unspecified atom stereocenters. The van der Waals surface area contributed by atoms with E-state index in [9.17, 15) is 18.0 Å². The van der Waals surface area contributed by atoms with E-state index in [1.54, 1.807) is 4.90 Å². The molecule has 2 aromatic carbocycles. The van der Waals surface area contributed by atoms with Crippen molar-refractivity contribution in [3.63, 3.8) is 0 Å². The van der Waals surface area contributed by atoms with Crippen LogP contribution in [0.15, 0.2) is 54.6 Å². The third kappa shape index (κ3) is 5.42. The largest absolute Gasteiger partial charge is 0.484 e. The normalized spacial score (nSPS) is 18.0. The summed E-state index contributed by atoms with van der Waals surface area (Å²) < 4.78 is 43.5. The van der Waals surface area contributed by atoms with Gasteiger partial charge in [0.2, 0.25) is 0 Å². The Balaban J connectivity index is 1.54. The van der Waals surface area contributed by atoms with Crippen LogP contribution in [0.4, 0.5) is 13.2 Å². The van der Waals surface area contributed by atoms with Crippen LogP contribution in [0.5, 0.6) is 5.75 Å². The Morgan fingerprint density at radius 2 is 1.89 bits per heavy atom. The molecule has 1 heterocycles. The monoisotopic (exact) mass is 395 g/mol. The van der Waals surface area contributed by atoms with Crippen molar-refractivity contribution in [2.45, 2.75) is 17.8 Å². The smallest absolute Gasteiger partial charge is 0.416 e. The Morgan fingerprint density at radius 3 is 2.63 bits per heavy atom. The molecule has 0 spiro atoms. The Labute approximate surface area is 160 Å². The molecule has 7 heteroatoms. The van der Waals surface area contributed by atoms with Gasteiger partial charge in [0.1, 0.15) is 5.75 Å². The van der Waals surface area contributed by atoms with Gasteiger partial charge in [-0.25, -0.2) is 0 Å². The zero-order chi connectivity index (χ0) is 19.3. The first-order valence-corrected chi connectivity index (χ1v) is 9.73. The second-order valence-electron chi connectivity index (χ2n) is 6.25. The van der Waals surface area contributed by atoms with Crippen molar-refractivity contribution in [1.82, 2.24) is 4.90 Å². The molecule has 1 fully saturated rings. The number of rotatable bonds is 4. The van der Waals surface area contributed by atoms with Crippen LogP contribution in [0.25, 0.3) is 0 Å². The maximum Gasteiger partial charge on any atom is 0.416 e. The fourth-order valence-corrected chi connectivity index (χ4v) is 4.18.